The van der Waals surface area contributed by atoms with Gasteiger partial charge in [-0.1, -0.05) is 84.9 Å². The average molecular weight is 412 g/mol. The minimum absolute atomic E-state index is 0.0770. The summed E-state index contributed by atoms with van der Waals surface area (Å²) >= 11 is 0. The third-order valence-corrected chi connectivity index (χ3v) is 7.91. The van der Waals surface area contributed by atoms with Crippen LogP contribution in [0.5, 0.6) is 0 Å². The van der Waals surface area contributed by atoms with Gasteiger partial charge >= 0.3 is 0 Å². The van der Waals surface area contributed by atoms with Gasteiger partial charge < -0.3 is 14.2 Å². The molecule has 0 saturated heterocycles. The lowest BCUT2D eigenvalue weighted by Crippen LogP contribution is -2.21. The van der Waals surface area contributed by atoms with Crippen LogP contribution in [-0.4, -0.2) is 14.2 Å². The maximum atomic E-state index is 11.3. The molecule has 1 aliphatic heterocycles. The topological polar surface area (TPSA) is 26.7 Å². The van der Waals surface area contributed by atoms with Gasteiger partial charge in [0.05, 0.1) is 12.1 Å². The normalized spacial score (nSPS) is 16.5. The Labute approximate surface area is 178 Å². The maximum absolute atomic E-state index is 11.3. The van der Waals surface area contributed by atoms with Crippen molar-refractivity contribution in [1.82, 2.24) is 9.34 Å². The van der Waals surface area contributed by atoms with Gasteiger partial charge in [0, 0.05) is 12.4 Å². The van der Waals surface area contributed by atoms with Crippen molar-refractivity contribution in [2.45, 2.75) is 25.9 Å². The van der Waals surface area contributed by atoms with Gasteiger partial charge in [0.1, 0.15) is 0 Å². The van der Waals surface area contributed by atoms with Gasteiger partial charge in [-0.25, -0.2) is 0 Å². The van der Waals surface area contributed by atoms with Crippen LogP contribution in [0.1, 0.15) is 37.1 Å². The first-order valence-electron chi connectivity index (χ1n) is 10.3. The molecule has 3 nitrogen and oxygen atoms in total. The van der Waals surface area contributed by atoms with Crippen molar-refractivity contribution < 1.29 is 4.89 Å². The van der Waals surface area contributed by atoms with Crippen LogP contribution >= 0.6 is 8.45 Å². The lowest BCUT2D eigenvalue weighted by Gasteiger charge is -2.35. The van der Waals surface area contributed by atoms with Crippen molar-refractivity contribution in [3.05, 3.63) is 108 Å². The molecule has 0 spiro atoms. The van der Waals surface area contributed by atoms with E-state index in [4.69, 9.17) is 0 Å². The van der Waals surface area contributed by atoms with Gasteiger partial charge in [-0.2, -0.15) is 0 Å². The monoisotopic (exact) mass is 412 g/mol. The molecular weight excluding hydrogens is 387 g/mol. The minimum Gasteiger partial charge on any atom is -0.338 e. The van der Waals surface area contributed by atoms with Gasteiger partial charge in [0.25, 0.3) is 0 Å². The average Bonchev–Trinajstić information content (AvgIpc) is 3.18. The molecule has 5 rings (SSSR count). The van der Waals surface area contributed by atoms with Crippen LogP contribution in [0.2, 0.25) is 0 Å². The summed E-state index contributed by atoms with van der Waals surface area (Å²) in [6.45, 7) is 4.34. The Kier molecular flexibility index (Phi) is 4.94. The van der Waals surface area contributed by atoms with Crippen LogP contribution in [0.4, 0.5) is 0 Å². The smallest absolute Gasteiger partial charge is 0.246 e. The molecule has 0 radical (unpaired) electrons. The van der Waals surface area contributed by atoms with Crippen molar-refractivity contribution in [2.24, 2.45) is 0 Å². The number of nitrogens with zero attached hydrogens (tertiary/aromatic N) is 2. The molecule has 0 bridgehead atoms. The summed E-state index contributed by atoms with van der Waals surface area (Å²) in [5, 5.41) is 4.94. The molecule has 2 atom stereocenters. The molecule has 150 valence electrons. The van der Waals surface area contributed by atoms with Crippen LogP contribution in [0.3, 0.4) is 0 Å². The second-order valence-corrected chi connectivity index (χ2v) is 9.28. The first kappa shape index (κ1) is 19.1. The van der Waals surface area contributed by atoms with Gasteiger partial charge in [0.15, 0.2) is 0 Å². The molecule has 1 N–H and O–H groups in total. The van der Waals surface area contributed by atoms with Crippen LogP contribution in [0.15, 0.2) is 97.3 Å². The molecule has 0 aromatic heterocycles. The van der Waals surface area contributed by atoms with E-state index in [0.717, 1.165) is 0 Å². The molecule has 0 fully saturated rings. The fourth-order valence-corrected chi connectivity index (χ4v) is 5.92. The van der Waals surface area contributed by atoms with Crippen molar-refractivity contribution in [3.8, 4) is 0 Å². The molecule has 0 saturated carbocycles. The Morgan fingerprint density at radius 3 is 1.47 bits per heavy atom. The Balaban J connectivity index is 1.45. The van der Waals surface area contributed by atoms with E-state index in [1.807, 2.05) is 12.4 Å². The van der Waals surface area contributed by atoms with Crippen LogP contribution in [0, 0.1) is 0 Å². The zero-order valence-electron chi connectivity index (χ0n) is 17.2. The van der Waals surface area contributed by atoms with Gasteiger partial charge in [-0.3, -0.25) is 0 Å². The molecule has 4 aromatic carbocycles. The summed E-state index contributed by atoms with van der Waals surface area (Å²) < 4.78 is 4.19. The quantitative estimate of drug-likeness (QED) is 0.361. The number of hydrogen-bond acceptors (Lipinski definition) is 3. The highest BCUT2D eigenvalue weighted by Crippen LogP contribution is 2.54. The highest BCUT2D eigenvalue weighted by Gasteiger charge is 2.34. The Bertz CT molecular complexity index is 1130. The summed E-state index contributed by atoms with van der Waals surface area (Å²) in [5.41, 5.74) is 2.47. The van der Waals surface area contributed by atoms with E-state index >= 15 is 0 Å². The molecule has 0 aliphatic carbocycles. The highest BCUT2D eigenvalue weighted by molar-refractivity contribution is 7.46. The van der Waals surface area contributed by atoms with Crippen molar-refractivity contribution in [2.75, 3.05) is 0 Å². The van der Waals surface area contributed by atoms with E-state index in [2.05, 4.69) is 108 Å². The third-order valence-electron chi connectivity index (χ3n) is 6.13. The Morgan fingerprint density at radius 1 is 0.600 bits per heavy atom. The molecule has 30 heavy (non-hydrogen) atoms. The second kappa shape index (κ2) is 7.75. The number of rotatable bonds is 4. The van der Waals surface area contributed by atoms with E-state index in [0.29, 0.717) is 0 Å². The largest absolute Gasteiger partial charge is 0.338 e. The van der Waals surface area contributed by atoms with Gasteiger partial charge in [-0.15, -0.1) is 0 Å². The fourth-order valence-electron chi connectivity index (χ4n) is 4.46. The Morgan fingerprint density at radius 2 is 1.00 bits per heavy atom. The van der Waals surface area contributed by atoms with Crippen LogP contribution < -0.4 is 0 Å². The molecule has 1 heterocycles. The summed E-state index contributed by atoms with van der Waals surface area (Å²) in [7, 11) is -1.47. The minimum atomic E-state index is -1.47. The lowest BCUT2D eigenvalue weighted by molar-refractivity contribution is 0.380. The molecule has 0 unspecified atom stereocenters. The van der Waals surface area contributed by atoms with Crippen molar-refractivity contribution >= 4 is 30.0 Å². The van der Waals surface area contributed by atoms with E-state index in [9.17, 15) is 4.89 Å². The fraction of sp³-hybridized carbons (Fsp3) is 0.154. The standard InChI is InChI=1S/C26H25N2OP/c1-19(23-15-7-11-21-9-3-5-13-25(21)23)27-17-18-28(30(27)29)20(2)24-16-8-12-22-10-4-6-14-26(22)24/h3-20,29H,1-2H3/t19-,20-/m1/s1. The van der Waals surface area contributed by atoms with Crippen LogP contribution in [0.25, 0.3) is 21.5 Å². The maximum Gasteiger partial charge on any atom is 0.246 e. The Hall–Kier alpha value is -2.87. The molecular formula is C26H25N2OP. The third kappa shape index (κ3) is 3.15. The molecule has 4 aromatic rings. The van der Waals surface area contributed by atoms with E-state index < -0.39 is 8.45 Å². The number of fused-ring (bicyclic) bond motifs is 2. The molecule has 1 aliphatic rings. The van der Waals surface area contributed by atoms with E-state index in [1.165, 1.54) is 32.7 Å². The number of benzene rings is 4. The predicted octanol–water partition coefficient (Wildman–Crippen LogP) is 7.12. The second-order valence-electron chi connectivity index (χ2n) is 7.82. The van der Waals surface area contributed by atoms with Gasteiger partial charge in [0.2, 0.25) is 8.45 Å². The molecule has 0 amide bonds. The first-order chi connectivity index (χ1) is 14.6. The van der Waals surface area contributed by atoms with Crippen molar-refractivity contribution in [1.29, 1.82) is 0 Å². The summed E-state index contributed by atoms with van der Waals surface area (Å²) in [6, 6.07) is 29.9. The molecule has 4 heteroatoms. The van der Waals surface area contributed by atoms with Crippen molar-refractivity contribution in [3.63, 3.8) is 0 Å². The summed E-state index contributed by atoms with van der Waals surface area (Å²) in [5.74, 6) is 0. The zero-order chi connectivity index (χ0) is 20.7. The SMILES string of the molecule is C[C@H](c1cccc2ccccc12)N1C=CN([C@H](C)c2cccc3ccccc23)P1O. The van der Waals surface area contributed by atoms with E-state index in [-0.39, 0.29) is 12.1 Å². The zero-order valence-corrected chi connectivity index (χ0v) is 18.1. The summed E-state index contributed by atoms with van der Waals surface area (Å²) in [6.07, 6.45) is 4.08. The lowest BCUT2D eigenvalue weighted by atomic mass is 10.00. The van der Waals surface area contributed by atoms with Gasteiger partial charge in [-0.05, 0) is 46.5 Å². The van der Waals surface area contributed by atoms with E-state index in [1.54, 1.807) is 0 Å². The van der Waals surface area contributed by atoms with Crippen LogP contribution in [-0.2, 0) is 0 Å². The number of hydrogen-bond donors (Lipinski definition) is 1. The first-order valence-corrected chi connectivity index (χ1v) is 11.5. The predicted molar refractivity (Wildman–Crippen MR) is 127 cm³/mol. The summed E-state index contributed by atoms with van der Waals surface area (Å²) in [4.78, 5) is 11.3. The highest BCUT2D eigenvalue weighted by atomic mass is 31.2.